The summed E-state index contributed by atoms with van der Waals surface area (Å²) in [5, 5.41) is 12.4. The summed E-state index contributed by atoms with van der Waals surface area (Å²) in [5.74, 6) is -0.473. The Hall–Kier alpha value is -0.610. The fourth-order valence-corrected chi connectivity index (χ4v) is 2.46. The molecule has 0 amide bonds. The molecule has 0 saturated heterocycles. The van der Waals surface area contributed by atoms with Crippen LogP contribution in [0.2, 0.25) is 0 Å². The molecular formula is C13H25NO3. The van der Waals surface area contributed by atoms with Crippen LogP contribution in [0.5, 0.6) is 0 Å². The number of hydrogen-bond donors (Lipinski definition) is 2. The van der Waals surface area contributed by atoms with Crippen LogP contribution in [0.4, 0.5) is 0 Å². The van der Waals surface area contributed by atoms with E-state index in [0.717, 1.165) is 52.0 Å². The van der Waals surface area contributed by atoms with Gasteiger partial charge in [-0.2, -0.15) is 0 Å². The Morgan fingerprint density at radius 3 is 2.82 bits per heavy atom. The first-order valence-corrected chi connectivity index (χ1v) is 6.77. The van der Waals surface area contributed by atoms with E-state index in [0.29, 0.717) is 5.92 Å². The van der Waals surface area contributed by atoms with Gasteiger partial charge in [-0.05, 0) is 31.7 Å². The van der Waals surface area contributed by atoms with Crippen molar-refractivity contribution in [2.75, 3.05) is 26.3 Å². The van der Waals surface area contributed by atoms with E-state index in [-0.39, 0.29) is 5.92 Å². The molecule has 2 N–H and O–H groups in total. The molecule has 1 fully saturated rings. The minimum Gasteiger partial charge on any atom is -0.481 e. The largest absolute Gasteiger partial charge is 0.481 e. The summed E-state index contributed by atoms with van der Waals surface area (Å²) in [6, 6.07) is 0. The summed E-state index contributed by atoms with van der Waals surface area (Å²) in [4.78, 5) is 11.1. The Kier molecular flexibility index (Phi) is 7.21. The molecule has 4 nitrogen and oxygen atoms in total. The van der Waals surface area contributed by atoms with Crippen LogP contribution in [0, 0.1) is 11.8 Å². The van der Waals surface area contributed by atoms with Crippen LogP contribution in [0.3, 0.4) is 0 Å². The Morgan fingerprint density at radius 1 is 1.35 bits per heavy atom. The summed E-state index contributed by atoms with van der Waals surface area (Å²) in [6.45, 7) is 5.25. The second-order valence-corrected chi connectivity index (χ2v) is 4.81. The highest BCUT2D eigenvalue weighted by molar-refractivity contribution is 5.70. The van der Waals surface area contributed by atoms with Crippen LogP contribution >= 0.6 is 0 Å². The van der Waals surface area contributed by atoms with E-state index >= 15 is 0 Å². The molecule has 1 rings (SSSR count). The van der Waals surface area contributed by atoms with Gasteiger partial charge in [0.1, 0.15) is 0 Å². The quantitative estimate of drug-likeness (QED) is 0.639. The van der Waals surface area contributed by atoms with E-state index in [9.17, 15) is 4.79 Å². The molecule has 1 saturated carbocycles. The van der Waals surface area contributed by atoms with Crippen LogP contribution in [-0.4, -0.2) is 37.4 Å². The minimum absolute atomic E-state index is 0.146. The summed E-state index contributed by atoms with van der Waals surface area (Å²) < 4.78 is 5.37. The molecule has 1 aliphatic carbocycles. The zero-order valence-electron chi connectivity index (χ0n) is 10.8. The molecule has 4 heteroatoms. The maximum absolute atomic E-state index is 11.1. The molecule has 2 unspecified atom stereocenters. The summed E-state index contributed by atoms with van der Waals surface area (Å²) in [6.07, 6.45) is 5.16. The maximum Gasteiger partial charge on any atom is 0.306 e. The van der Waals surface area contributed by atoms with Crippen LogP contribution < -0.4 is 5.32 Å². The van der Waals surface area contributed by atoms with Gasteiger partial charge < -0.3 is 15.2 Å². The highest BCUT2D eigenvalue weighted by atomic mass is 16.5. The second kappa shape index (κ2) is 8.48. The van der Waals surface area contributed by atoms with E-state index in [1.54, 1.807) is 0 Å². The van der Waals surface area contributed by atoms with Crippen LogP contribution in [-0.2, 0) is 9.53 Å². The third-order valence-corrected chi connectivity index (χ3v) is 3.40. The zero-order chi connectivity index (χ0) is 12.5. The third-order valence-electron chi connectivity index (χ3n) is 3.40. The molecule has 1 aliphatic rings. The van der Waals surface area contributed by atoms with E-state index in [4.69, 9.17) is 9.84 Å². The predicted molar refractivity (Wildman–Crippen MR) is 67.1 cm³/mol. The number of carbonyl (C=O) groups is 1. The van der Waals surface area contributed by atoms with E-state index in [1.807, 2.05) is 0 Å². The number of carboxylic acids is 1. The summed E-state index contributed by atoms with van der Waals surface area (Å²) >= 11 is 0. The lowest BCUT2D eigenvalue weighted by Crippen LogP contribution is -2.35. The van der Waals surface area contributed by atoms with Crippen molar-refractivity contribution in [3.8, 4) is 0 Å². The van der Waals surface area contributed by atoms with Crippen molar-refractivity contribution < 1.29 is 14.6 Å². The topological polar surface area (TPSA) is 58.6 Å². The van der Waals surface area contributed by atoms with Gasteiger partial charge in [0.2, 0.25) is 0 Å². The Labute approximate surface area is 104 Å². The van der Waals surface area contributed by atoms with Gasteiger partial charge in [-0.15, -0.1) is 0 Å². The van der Waals surface area contributed by atoms with Gasteiger partial charge >= 0.3 is 5.97 Å². The van der Waals surface area contributed by atoms with Gasteiger partial charge in [-0.25, -0.2) is 0 Å². The second-order valence-electron chi connectivity index (χ2n) is 4.81. The lowest BCUT2D eigenvalue weighted by atomic mass is 9.79. The highest BCUT2D eigenvalue weighted by Gasteiger charge is 2.30. The first kappa shape index (κ1) is 14.5. The van der Waals surface area contributed by atoms with Gasteiger partial charge in [0.25, 0.3) is 0 Å². The molecule has 0 spiro atoms. The van der Waals surface area contributed by atoms with Crippen molar-refractivity contribution in [1.82, 2.24) is 5.32 Å². The number of ether oxygens (including phenoxy) is 1. The molecule has 0 heterocycles. The van der Waals surface area contributed by atoms with Crippen LogP contribution in [0.1, 0.15) is 39.0 Å². The number of hydrogen-bond acceptors (Lipinski definition) is 3. The van der Waals surface area contributed by atoms with Crippen molar-refractivity contribution in [1.29, 1.82) is 0 Å². The molecule has 0 radical (unpaired) electrons. The third kappa shape index (κ3) is 5.50. The lowest BCUT2D eigenvalue weighted by Gasteiger charge is -2.28. The highest BCUT2D eigenvalue weighted by Crippen LogP contribution is 2.29. The fraction of sp³-hybridized carbons (Fsp3) is 0.923. The number of rotatable bonds is 8. The van der Waals surface area contributed by atoms with Crippen molar-refractivity contribution in [3.05, 3.63) is 0 Å². The minimum atomic E-state index is -0.626. The molecular weight excluding hydrogens is 218 g/mol. The first-order chi connectivity index (χ1) is 8.25. The molecule has 0 aliphatic heterocycles. The van der Waals surface area contributed by atoms with Crippen LogP contribution in [0.15, 0.2) is 0 Å². The van der Waals surface area contributed by atoms with Crippen LogP contribution in [0.25, 0.3) is 0 Å². The lowest BCUT2D eigenvalue weighted by molar-refractivity contribution is -0.144. The molecule has 0 aromatic rings. The fourth-order valence-electron chi connectivity index (χ4n) is 2.46. The Bertz CT molecular complexity index is 221. The predicted octanol–water partition coefficient (Wildman–Crippen LogP) is 1.89. The van der Waals surface area contributed by atoms with Crippen molar-refractivity contribution in [2.24, 2.45) is 11.8 Å². The normalized spacial score (nSPS) is 24.8. The Morgan fingerprint density at radius 2 is 2.12 bits per heavy atom. The van der Waals surface area contributed by atoms with Crippen molar-refractivity contribution in [2.45, 2.75) is 39.0 Å². The molecule has 2 atom stereocenters. The number of aliphatic carboxylic acids is 1. The maximum atomic E-state index is 11.1. The first-order valence-electron chi connectivity index (χ1n) is 6.77. The summed E-state index contributed by atoms with van der Waals surface area (Å²) in [7, 11) is 0. The molecule has 0 aromatic heterocycles. The molecule has 17 heavy (non-hydrogen) atoms. The Balaban J connectivity index is 2.13. The number of nitrogens with one attached hydrogen (secondary N) is 1. The van der Waals surface area contributed by atoms with E-state index < -0.39 is 5.97 Å². The van der Waals surface area contributed by atoms with Gasteiger partial charge in [0.15, 0.2) is 0 Å². The smallest absolute Gasteiger partial charge is 0.306 e. The molecule has 100 valence electrons. The average molecular weight is 243 g/mol. The van der Waals surface area contributed by atoms with Gasteiger partial charge in [-0.3, -0.25) is 4.79 Å². The van der Waals surface area contributed by atoms with Gasteiger partial charge in [0.05, 0.1) is 12.5 Å². The summed E-state index contributed by atoms with van der Waals surface area (Å²) in [5.41, 5.74) is 0. The monoisotopic (exact) mass is 243 g/mol. The van der Waals surface area contributed by atoms with E-state index in [1.165, 1.54) is 6.42 Å². The standard InChI is InChI=1S/C13H25NO3/c1-2-8-17-9-7-14-10-11-5-3-4-6-12(11)13(15)16/h11-12,14H,2-10H2,1H3,(H,15,16). The zero-order valence-corrected chi connectivity index (χ0v) is 10.8. The number of carboxylic acid groups (broad SMARTS) is 1. The average Bonchev–Trinajstić information content (AvgIpc) is 2.34. The molecule has 0 bridgehead atoms. The van der Waals surface area contributed by atoms with Crippen molar-refractivity contribution >= 4 is 5.97 Å². The van der Waals surface area contributed by atoms with Gasteiger partial charge in [-0.1, -0.05) is 19.8 Å². The van der Waals surface area contributed by atoms with Gasteiger partial charge in [0, 0.05) is 13.2 Å². The molecule has 0 aromatic carbocycles. The van der Waals surface area contributed by atoms with E-state index in [2.05, 4.69) is 12.2 Å². The SMILES string of the molecule is CCCOCCNCC1CCCCC1C(=O)O. The van der Waals surface area contributed by atoms with Crippen molar-refractivity contribution in [3.63, 3.8) is 0 Å².